The molecule has 3 rings (SSSR count). The van der Waals surface area contributed by atoms with Gasteiger partial charge in [-0.05, 0) is 29.8 Å². The van der Waals surface area contributed by atoms with Crippen LogP contribution in [0.4, 0.5) is 0 Å². The number of ether oxygens (including phenoxy) is 2. The fourth-order valence-corrected chi connectivity index (χ4v) is 2.43. The number of amides is 1. The SMILES string of the molecule is COc1cccc(OCc2ccccc2)c1C(=O)NCc1ccco1. The quantitative estimate of drug-likeness (QED) is 0.712. The molecule has 3 aromatic rings. The lowest BCUT2D eigenvalue weighted by Crippen LogP contribution is -2.24. The number of carbonyl (C=O) groups is 1. The Balaban J connectivity index is 1.77. The Morgan fingerprint density at radius 1 is 1.00 bits per heavy atom. The van der Waals surface area contributed by atoms with Crippen molar-refractivity contribution >= 4 is 5.91 Å². The van der Waals surface area contributed by atoms with E-state index in [-0.39, 0.29) is 5.91 Å². The van der Waals surface area contributed by atoms with E-state index in [2.05, 4.69) is 5.32 Å². The highest BCUT2D eigenvalue weighted by Crippen LogP contribution is 2.29. The van der Waals surface area contributed by atoms with Gasteiger partial charge in [-0.25, -0.2) is 0 Å². The van der Waals surface area contributed by atoms with Gasteiger partial charge in [-0.2, -0.15) is 0 Å². The van der Waals surface area contributed by atoms with Crippen LogP contribution < -0.4 is 14.8 Å². The highest BCUT2D eigenvalue weighted by molar-refractivity contribution is 5.99. The van der Waals surface area contributed by atoms with E-state index in [4.69, 9.17) is 13.9 Å². The summed E-state index contributed by atoms with van der Waals surface area (Å²) in [7, 11) is 1.53. The maximum atomic E-state index is 12.6. The van der Waals surface area contributed by atoms with E-state index in [0.717, 1.165) is 5.56 Å². The molecule has 0 radical (unpaired) electrons. The third kappa shape index (κ3) is 4.20. The Kier molecular flexibility index (Phi) is 5.36. The third-order valence-corrected chi connectivity index (χ3v) is 3.68. The highest BCUT2D eigenvalue weighted by atomic mass is 16.5. The first kappa shape index (κ1) is 16.6. The number of carbonyl (C=O) groups excluding carboxylic acids is 1. The summed E-state index contributed by atoms with van der Waals surface area (Å²) in [5.41, 5.74) is 1.39. The second-order valence-corrected chi connectivity index (χ2v) is 5.37. The van der Waals surface area contributed by atoms with E-state index in [9.17, 15) is 4.79 Å². The first-order chi connectivity index (χ1) is 12.3. The van der Waals surface area contributed by atoms with Crippen LogP contribution in [0.2, 0.25) is 0 Å². The molecule has 0 saturated heterocycles. The average molecular weight is 337 g/mol. The summed E-state index contributed by atoms with van der Waals surface area (Å²) in [4.78, 5) is 12.6. The second kappa shape index (κ2) is 8.06. The Bertz CT molecular complexity index is 813. The van der Waals surface area contributed by atoms with E-state index in [1.807, 2.05) is 30.3 Å². The summed E-state index contributed by atoms with van der Waals surface area (Å²) < 4.78 is 16.4. The maximum Gasteiger partial charge on any atom is 0.259 e. The van der Waals surface area contributed by atoms with Gasteiger partial charge in [0.15, 0.2) is 0 Å². The number of hydrogen-bond donors (Lipinski definition) is 1. The zero-order valence-corrected chi connectivity index (χ0v) is 13.9. The molecule has 128 valence electrons. The predicted octanol–water partition coefficient (Wildman–Crippen LogP) is 3.80. The molecule has 0 bridgehead atoms. The van der Waals surface area contributed by atoms with Crippen molar-refractivity contribution in [2.75, 3.05) is 7.11 Å². The zero-order valence-electron chi connectivity index (χ0n) is 13.9. The standard InChI is InChI=1S/C20H19NO4/c1-23-17-10-5-11-18(25-14-15-7-3-2-4-8-15)19(17)20(22)21-13-16-9-6-12-24-16/h2-12H,13-14H2,1H3,(H,21,22). The zero-order chi connectivity index (χ0) is 17.5. The van der Waals surface area contributed by atoms with Crippen LogP contribution in [-0.4, -0.2) is 13.0 Å². The van der Waals surface area contributed by atoms with Crippen molar-refractivity contribution in [2.24, 2.45) is 0 Å². The third-order valence-electron chi connectivity index (χ3n) is 3.68. The van der Waals surface area contributed by atoms with Gasteiger partial charge in [0.05, 0.1) is 19.9 Å². The van der Waals surface area contributed by atoms with E-state index in [1.165, 1.54) is 7.11 Å². The monoisotopic (exact) mass is 337 g/mol. The molecule has 2 aromatic carbocycles. The predicted molar refractivity (Wildman–Crippen MR) is 93.6 cm³/mol. The molecule has 1 amide bonds. The van der Waals surface area contributed by atoms with Crippen molar-refractivity contribution in [1.82, 2.24) is 5.32 Å². The largest absolute Gasteiger partial charge is 0.496 e. The Labute approximate surface area is 146 Å². The second-order valence-electron chi connectivity index (χ2n) is 5.37. The summed E-state index contributed by atoms with van der Waals surface area (Å²) in [6.07, 6.45) is 1.57. The smallest absolute Gasteiger partial charge is 0.259 e. The van der Waals surface area contributed by atoms with Crippen molar-refractivity contribution in [1.29, 1.82) is 0 Å². The first-order valence-corrected chi connectivity index (χ1v) is 7.92. The first-order valence-electron chi connectivity index (χ1n) is 7.92. The minimum Gasteiger partial charge on any atom is -0.496 e. The van der Waals surface area contributed by atoms with Crippen LogP contribution >= 0.6 is 0 Å². The Hall–Kier alpha value is -3.21. The fourth-order valence-electron chi connectivity index (χ4n) is 2.43. The summed E-state index contributed by atoms with van der Waals surface area (Å²) in [5.74, 6) is 1.33. The van der Waals surface area contributed by atoms with Crippen molar-refractivity contribution < 1.29 is 18.7 Å². The normalized spacial score (nSPS) is 10.3. The molecule has 0 fully saturated rings. The minimum absolute atomic E-state index is 0.281. The fraction of sp³-hybridized carbons (Fsp3) is 0.150. The van der Waals surface area contributed by atoms with Gasteiger partial charge in [0, 0.05) is 0 Å². The number of methoxy groups -OCH3 is 1. The van der Waals surface area contributed by atoms with Crippen LogP contribution in [0.15, 0.2) is 71.3 Å². The molecule has 1 aromatic heterocycles. The number of nitrogens with one attached hydrogen (secondary N) is 1. The van der Waals surface area contributed by atoms with Crippen LogP contribution in [-0.2, 0) is 13.2 Å². The maximum absolute atomic E-state index is 12.6. The number of rotatable bonds is 7. The molecule has 1 heterocycles. The van der Waals surface area contributed by atoms with E-state index in [0.29, 0.717) is 36.0 Å². The van der Waals surface area contributed by atoms with Crippen molar-refractivity contribution in [2.45, 2.75) is 13.2 Å². The van der Waals surface area contributed by atoms with Crippen LogP contribution in [0.1, 0.15) is 21.7 Å². The van der Waals surface area contributed by atoms with Crippen LogP contribution in [0, 0.1) is 0 Å². The summed E-state index contributed by atoms with van der Waals surface area (Å²) in [6, 6.07) is 18.6. The van der Waals surface area contributed by atoms with Crippen LogP contribution in [0.5, 0.6) is 11.5 Å². The Morgan fingerprint density at radius 2 is 1.80 bits per heavy atom. The van der Waals surface area contributed by atoms with E-state index < -0.39 is 0 Å². The molecule has 0 saturated carbocycles. The van der Waals surface area contributed by atoms with Gasteiger partial charge in [0.2, 0.25) is 0 Å². The summed E-state index contributed by atoms with van der Waals surface area (Å²) in [6.45, 7) is 0.661. The van der Waals surface area contributed by atoms with Gasteiger partial charge in [-0.15, -0.1) is 0 Å². The summed E-state index contributed by atoms with van der Waals surface area (Å²) >= 11 is 0. The number of benzene rings is 2. The lowest BCUT2D eigenvalue weighted by atomic mass is 10.1. The molecule has 1 N–H and O–H groups in total. The number of furan rings is 1. The lowest BCUT2D eigenvalue weighted by molar-refractivity contribution is 0.0940. The lowest BCUT2D eigenvalue weighted by Gasteiger charge is -2.14. The molecule has 0 aliphatic rings. The van der Waals surface area contributed by atoms with Gasteiger partial charge in [0.25, 0.3) is 5.91 Å². The molecule has 0 atom stereocenters. The van der Waals surface area contributed by atoms with Crippen LogP contribution in [0.25, 0.3) is 0 Å². The molecule has 0 aliphatic heterocycles. The molecule has 0 aliphatic carbocycles. The van der Waals surface area contributed by atoms with Gasteiger partial charge in [-0.1, -0.05) is 36.4 Å². The molecule has 25 heavy (non-hydrogen) atoms. The molecular weight excluding hydrogens is 318 g/mol. The van der Waals surface area contributed by atoms with Crippen molar-refractivity contribution in [3.8, 4) is 11.5 Å². The van der Waals surface area contributed by atoms with Gasteiger partial charge < -0.3 is 19.2 Å². The van der Waals surface area contributed by atoms with E-state index in [1.54, 1.807) is 36.6 Å². The van der Waals surface area contributed by atoms with Gasteiger partial charge in [0.1, 0.15) is 29.4 Å². The minimum atomic E-state index is -0.281. The van der Waals surface area contributed by atoms with Gasteiger partial charge >= 0.3 is 0 Å². The Morgan fingerprint density at radius 3 is 2.52 bits per heavy atom. The molecule has 0 unspecified atom stereocenters. The summed E-state index contributed by atoms with van der Waals surface area (Å²) in [5, 5.41) is 2.82. The molecular formula is C20H19NO4. The van der Waals surface area contributed by atoms with Crippen molar-refractivity contribution in [3.63, 3.8) is 0 Å². The van der Waals surface area contributed by atoms with Gasteiger partial charge in [-0.3, -0.25) is 4.79 Å². The molecule has 5 heteroatoms. The van der Waals surface area contributed by atoms with Crippen molar-refractivity contribution in [3.05, 3.63) is 83.8 Å². The number of hydrogen-bond acceptors (Lipinski definition) is 4. The average Bonchev–Trinajstić information content (AvgIpc) is 3.18. The highest BCUT2D eigenvalue weighted by Gasteiger charge is 2.18. The van der Waals surface area contributed by atoms with E-state index >= 15 is 0 Å². The molecule has 5 nitrogen and oxygen atoms in total. The molecule has 0 spiro atoms. The van der Waals surface area contributed by atoms with Crippen LogP contribution in [0.3, 0.4) is 0 Å². The topological polar surface area (TPSA) is 60.7 Å².